The molecule has 0 aliphatic rings. The van der Waals surface area contributed by atoms with E-state index in [2.05, 4.69) is 116 Å². The number of thiol groups is 1. The maximum absolute atomic E-state index is 4.40. The molecule has 0 unspecified atom stereocenters. The van der Waals surface area contributed by atoms with Crippen molar-refractivity contribution in [3.05, 3.63) is 109 Å². The van der Waals surface area contributed by atoms with Gasteiger partial charge in [-0.3, -0.25) is 0 Å². The van der Waals surface area contributed by atoms with Gasteiger partial charge in [-0.05, 0) is 49.4 Å². The van der Waals surface area contributed by atoms with E-state index in [0.29, 0.717) is 0 Å². The van der Waals surface area contributed by atoms with Crippen LogP contribution in [0.25, 0.3) is 43.8 Å². The van der Waals surface area contributed by atoms with E-state index >= 15 is 0 Å². The van der Waals surface area contributed by atoms with Crippen molar-refractivity contribution in [2.45, 2.75) is 5.75 Å². The molecule has 0 nitrogen and oxygen atoms in total. The lowest BCUT2D eigenvalue weighted by Gasteiger charge is -2.17. The second-order valence-electron chi connectivity index (χ2n) is 7.06. The third kappa shape index (κ3) is 2.80. The first kappa shape index (κ1) is 17.1. The van der Waals surface area contributed by atoms with Gasteiger partial charge in [0.15, 0.2) is 0 Å². The van der Waals surface area contributed by atoms with E-state index in [1.54, 1.807) is 0 Å². The van der Waals surface area contributed by atoms with Gasteiger partial charge in [0.2, 0.25) is 0 Å². The van der Waals surface area contributed by atoms with E-state index < -0.39 is 0 Å². The minimum absolute atomic E-state index is 0.759. The summed E-state index contributed by atoms with van der Waals surface area (Å²) in [4.78, 5) is 0. The average Bonchev–Trinajstić information content (AvgIpc) is 2.78. The van der Waals surface area contributed by atoms with E-state index in [1.165, 1.54) is 49.4 Å². The quantitative estimate of drug-likeness (QED) is 0.241. The van der Waals surface area contributed by atoms with Crippen LogP contribution in [-0.2, 0) is 5.75 Å². The largest absolute Gasteiger partial charge is 0.175 e. The summed E-state index contributed by atoms with van der Waals surface area (Å²) in [6.07, 6.45) is 0. The molecule has 0 bridgehead atoms. The van der Waals surface area contributed by atoms with Gasteiger partial charge in [0.05, 0.1) is 0 Å². The van der Waals surface area contributed by atoms with Crippen molar-refractivity contribution in [3.63, 3.8) is 0 Å². The van der Waals surface area contributed by atoms with E-state index in [0.717, 1.165) is 5.75 Å². The zero-order valence-electron chi connectivity index (χ0n) is 15.5. The fraction of sp³-hybridized carbons (Fsp3) is 0.0370. The van der Waals surface area contributed by atoms with Crippen LogP contribution in [0.2, 0.25) is 0 Å². The minimum atomic E-state index is 0.759. The maximum Gasteiger partial charge on any atom is 0.0154 e. The second kappa shape index (κ2) is 7.18. The van der Waals surface area contributed by atoms with Gasteiger partial charge in [-0.1, -0.05) is 103 Å². The highest BCUT2D eigenvalue weighted by Gasteiger charge is 2.15. The number of rotatable bonds is 3. The zero-order chi connectivity index (χ0) is 18.9. The minimum Gasteiger partial charge on any atom is -0.175 e. The van der Waals surface area contributed by atoms with Crippen molar-refractivity contribution < 1.29 is 0 Å². The lowest BCUT2D eigenvalue weighted by molar-refractivity contribution is 1.43. The van der Waals surface area contributed by atoms with Crippen molar-refractivity contribution in [2.24, 2.45) is 0 Å². The van der Waals surface area contributed by atoms with Crippen LogP contribution in [0.15, 0.2) is 103 Å². The molecule has 1 heteroatoms. The molecule has 0 aliphatic carbocycles. The third-order valence-corrected chi connectivity index (χ3v) is 5.78. The van der Waals surface area contributed by atoms with Crippen molar-refractivity contribution in [1.29, 1.82) is 0 Å². The van der Waals surface area contributed by atoms with Gasteiger partial charge in [0.25, 0.3) is 0 Å². The first-order valence-electron chi connectivity index (χ1n) is 9.56. The summed E-state index contributed by atoms with van der Waals surface area (Å²) in [6, 6.07) is 37.0. The van der Waals surface area contributed by atoms with Crippen molar-refractivity contribution in [1.82, 2.24) is 0 Å². The van der Waals surface area contributed by atoms with Crippen molar-refractivity contribution >= 4 is 34.2 Å². The molecule has 5 aromatic carbocycles. The molecule has 0 spiro atoms. The van der Waals surface area contributed by atoms with Gasteiger partial charge >= 0.3 is 0 Å². The van der Waals surface area contributed by atoms with Gasteiger partial charge in [-0.15, -0.1) is 0 Å². The van der Waals surface area contributed by atoms with E-state index in [-0.39, 0.29) is 0 Å². The Bertz CT molecular complexity index is 1210. The van der Waals surface area contributed by atoms with Gasteiger partial charge in [-0.2, -0.15) is 12.6 Å². The predicted molar refractivity (Wildman–Crippen MR) is 125 cm³/mol. The highest BCUT2D eigenvalue weighted by Crippen LogP contribution is 2.43. The SMILES string of the molecule is SCc1ccc(-c2c3ccccc3c(-c3ccccc3)c3ccccc23)cc1. The Morgan fingerprint density at radius 2 is 0.821 bits per heavy atom. The molecule has 0 atom stereocenters. The van der Waals surface area contributed by atoms with Crippen LogP contribution in [0, 0.1) is 0 Å². The number of hydrogen-bond donors (Lipinski definition) is 1. The first-order chi connectivity index (χ1) is 13.9. The topological polar surface area (TPSA) is 0 Å². The molecular formula is C27H20S. The molecule has 0 radical (unpaired) electrons. The van der Waals surface area contributed by atoms with Gasteiger partial charge in [-0.25, -0.2) is 0 Å². The Morgan fingerprint density at radius 3 is 1.25 bits per heavy atom. The molecule has 0 aliphatic heterocycles. The van der Waals surface area contributed by atoms with Crippen molar-refractivity contribution in [2.75, 3.05) is 0 Å². The van der Waals surface area contributed by atoms with Crippen LogP contribution in [-0.4, -0.2) is 0 Å². The molecular weight excluding hydrogens is 356 g/mol. The predicted octanol–water partition coefficient (Wildman–Crippen LogP) is 7.76. The molecule has 0 saturated carbocycles. The number of benzene rings is 5. The number of fused-ring (bicyclic) bond motifs is 2. The summed E-state index contributed by atoms with van der Waals surface area (Å²) in [5.41, 5.74) is 6.35. The Hall–Kier alpha value is -3.03. The normalized spacial score (nSPS) is 11.2. The first-order valence-corrected chi connectivity index (χ1v) is 10.2. The molecule has 0 saturated heterocycles. The molecule has 0 heterocycles. The second-order valence-corrected chi connectivity index (χ2v) is 7.38. The van der Waals surface area contributed by atoms with Gasteiger partial charge < -0.3 is 0 Å². The Balaban J connectivity index is 1.94. The van der Waals surface area contributed by atoms with E-state index in [4.69, 9.17) is 0 Å². The van der Waals surface area contributed by atoms with Crippen LogP contribution in [0.1, 0.15) is 5.56 Å². The third-order valence-electron chi connectivity index (χ3n) is 5.42. The van der Waals surface area contributed by atoms with Crippen LogP contribution < -0.4 is 0 Å². The van der Waals surface area contributed by atoms with Crippen LogP contribution in [0.5, 0.6) is 0 Å². The summed E-state index contributed by atoms with van der Waals surface area (Å²) in [5, 5.41) is 5.17. The average molecular weight is 377 g/mol. The standard InChI is InChI=1S/C27H20S/c28-18-19-14-16-21(17-15-19)27-24-12-6-4-10-22(24)26(20-8-2-1-3-9-20)23-11-5-7-13-25(23)27/h1-17,28H,18H2. The molecule has 0 aromatic heterocycles. The Kier molecular flexibility index (Phi) is 4.38. The van der Waals surface area contributed by atoms with E-state index in [1.807, 2.05) is 0 Å². The molecule has 5 rings (SSSR count). The van der Waals surface area contributed by atoms with Crippen LogP contribution in [0.3, 0.4) is 0 Å². The summed E-state index contributed by atoms with van der Waals surface area (Å²) in [7, 11) is 0. The van der Waals surface area contributed by atoms with Crippen LogP contribution >= 0.6 is 12.6 Å². The molecule has 134 valence electrons. The highest BCUT2D eigenvalue weighted by molar-refractivity contribution is 7.79. The number of hydrogen-bond acceptors (Lipinski definition) is 1. The fourth-order valence-corrected chi connectivity index (χ4v) is 4.34. The molecule has 0 N–H and O–H groups in total. The highest BCUT2D eigenvalue weighted by atomic mass is 32.1. The molecule has 0 fully saturated rings. The van der Waals surface area contributed by atoms with Crippen molar-refractivity contribution in [3.8, 4) is 22.3 Å². The van der Waals surface area contributed by atoms with Gasteiger partial charge in [0.1, 0.15) is 0 Å². The monoisotopic (exact) mass is 376 g/mol. The summed E-state index contributed by atoms with van der Waals surface area (Å²) >= 11 is 4.40. The Labute approximate surface area is 170 Å². The zero-order valence-corrected chi connectivity index (χ0v) is 16.4. The molecule has 0 amide bonds. The molecule has 5 aromatic rings. The summed E-state index contributed by atoms with van der Waals surface area (Å²) < 4.78 is 0. The fourth-order valence-electron chi connectivity index (χ4n) is 4.13. The molecule has 28 heavy (non-hydrogen) atoms. The summed E-state index contributed by atoms with van der Waals surface area (Å²) in [6.45, 7) is 0. The maximum atomic E-state index is 4.40. The smallest absolute Gasteiger partial charge is 0.0154 e. The summed E-state index contributed by atoms with van der Waals surface area (Å²) in [5.74, 6) is 0.759. The lowest BCUT2D eigenvalue weighted by atomic mass is 9.86. The lowest BCUT2D eigenvalue weighted by Crippen LogP contribution is -1.90. The van der Waals surface area contributed by atoms with Gasteiger partial charge in [0, 0.05) is 5.75 Å². The van der Waals surface area contributed by atoms with E-state index in [9.17, 15) is 0 Å². The van der Waals surface area contributed by atoms with Crippen LogP contribution in [0.4, 0.5) is 0 Å². The Morgan fingerprint density at radius 1 is 0.429 bits per heavy atom.